The van der Waals surface area contributed by atoms with E-state index in [1.807, 2.05) is 0 Å². The third-order valence-electron chi connectivity index (χ3n) is 4.11. The van der Waals surface area contributed by atoms with Crippen LogP contribution in [0.4, 0.5) is 0 Å². The summed E-state index contributed by atoms with van der Waals surface area (Å²) >= 11 is 0. The average Bonchev–Trinajstić information content (AvgIpc) is 3.01. The Labute approximate surface area is 112 Å². The number of para-hydroxylation sites is 1. The predicted octanol–water partition coefficient (Wildman–Crippen LogP) is 4.64. The van der Waals surface area contributed by atoms with Crippen molar-refractivity contribution >= 4 is 17.0 Å². The lowest BCUT2D eigenvalue weighted by Gasteiger charge is -2.10. The van der Waals surface area contributed by atoms with Gasteiger partial charge in [0.05, 0.1) is 0 Å². The van der Waals surface area contributed by atoms with Crippen LogP contribution in [0.1, 0.15) is 28.3 Å². The second kappa shape index (κ2) is 3.86. The monoisotopic (exact) mass is 245 g/mol. The lowest BCUT2D eigenvalue weighted by atomic mass is 9.95. The zero-order valence-corrected chi connectivity index (χ0v) is 10.9. The molecule has 92 valence electrons. The van der Waals surface area contributed by atoms with E-state index in [9.17, 15) is 0 Å². The summed E-state index contributed by atoms with van der Waals surface area (Å²) in [6.45, 7) is 2.21. The van der Waals surface area contributed by atoms with Crippen LogP contribution >= 0.6 is 0 Å². The highest BCUT2D eigenvalue weighted by atomic mass is 14.7. The topological polar surface area (TPSA) is 15.8 Å². The molecular formula is C18H15N. The van der Waals surface area contributed by atoms with E-state index >= 15 is 0 Å². The Hall–Kier alpha value is -2.28. The van der Waals surface area contributed by atoms with Gasteiger partial charge in [-0.05, 0) is 29.7 Å². The van der Waals surface area contributed by atoms with Crippen LogP contribution in [-0.4, -0.2) is 4.98 Å². The van der Waals surface area contributed by atoms with Crippen LogP contribution in [0.15, 0.2) is 54.6 Å². The van der Waals surface area contributed by atoms with Crippen molar-refractivity contribution in [1.82, 2.24) is 4.98 Å². The number of aryl methyl sites for hydroxylation is 1. The molecule has 1 heterocycles. The van der Waals surface area contributed by atoms with Crippen LogP contribution in [-0.2, 0) is 0 Å². The van der Waals surface area contributed by atoms with Gasteiger partial charge < -0.3 is 4.98 Å². The predicted molar refractivity (Wildman–Crippen MR) is 80.4 cm³/mol. The first-order valence-electron chi connectivity index (χ1n) is 6.69. The van der Waals surface area contributed by atoms with E-state index < -0.39 is 0 Å². The molecular weight excluding hydrogens is 230 g/mol. The number of hydrogen-bond acceptors (Lipinski definition) is 0. The van der Waals surface area contributed by atoms with Gasteiger partial charge in [-0.1, -0.05) is 54.6 Å². The number of fused-ring (bicyclic) bond motifs is 2. The van der Waals surface area contributed by atoms with Crippen LogP contribution in [0.2, 0.25) is 0 Å². The van der Waals surface area contributed by atoms with Gasteiger partial charge in [0.1, 0.15) is 0 Å². The highest BCUT2D eigenvalue weighted by Gasteiger charge is 2.22. The van der Waals surface area contributed by atoms with Crippen molar-refractivity contribution in [3.63, 3.8) is 0 Å². The molecule has 0 radical (unpaired) electrons. The zero-order chi connectivity index (χ0) is 12.8. The summed E-state index contributed by atoms with van der Waals surface area (Å²) in [5.41, 5.74) is 6.65. The Kier molecular flexibility index (Phi) is 2.16. The molecule has 0 saturated carbocycles. The van der Waals surface area contributed by atoms with Gasteiger partial charge in [-0.15, -0.1) is 0 Å². The highest BCUT2D eigenvalue weighted by molar-refractivity contribution is 5.85. The quantitative estimate of drug-likeness (QED) is 0.643. The van der Waals surface area contributed by atoms with E-state index in [1.54, 1.807) is 0 Å². The molecule has 1 nitrogen and oxygen atoms in total. The molecule has 0 fully saturated rings. The standard InChI is InChI=1S/C18H15N/c1-12-14-7-4-5-9-17(14)19-18(12)16-11-10-13-6-2-3-8-15(13)16/h2-11,16,19H,1H3. The van der Waals surface area contributed by atoms with Gasteiger partial charge in [0.15, 0.2) is 0 Å². The van der Waals surface area contributed by atoms with Crippen LogP contribution in [0, 0.1) is 6.92 Å². The lowest BCUT2D eigenvalue weighted by Crippen LogP contribution is -1.97. The smallest absolute Gasteiger partial charge is 0.0459 e. The minimum absolute atomic E-state index is 0.364. The van der Waals surface area contributed by atoms with E-state index in [2.05, 4.69) is 72.6 Å². The average molecular weight is 245 g/mol. The summed E-state index contributed by atoms with van der Waals surface area (Å²) < 4.78 is 0. The second-order valence-electron chi connectivity index (χ2n) is 5.17. The van der Waals surface area contributed by atoms with Crippen molar-refractivity contribution in [2.24, 2.45) is 0 Å². The van der Waals surface area contributed by atoms with Crippen molar-refractivity contribution in [3.05, 3.63) is 77.0 Å². The summed E-state index contributed by atoms with van der Waals surface area (Å²) in [5, 5.41) is 1.33. The molecule has 2 aromatic carbocycles. The first-order chi connectivity index (χ1) is 9.34. The molecule has 1 N–H and O–H groups in total. The molecule has 1 aliphatic rings. The van der Waals surface area contributed by atoms with Gasteiger partial charge in [-0.2, -0.15) is 0 Å². The SMILES string of the molecule is Cc1c(C2C=Cc3ccccc32)[nH]c2ccccc12. The Morgan fingerprint density at radius 1 is 0.947 bits per heavy atom. The second-order valence-corrected chi connectivity index (χ2v) is 5.17. The van der Waals surface area contributed by atoms with Crippen LogP contribution in [0.3, 0.4) is 0 Å². The van der Waals surface area contributed by atoms with Gasteiger partial charge in [-0.25, -0.2) is 0 Å². The number of hydrogen-bond donors (Lipinski definition) is 1. The molecule has 3 aromatic rings. The Balaban J connectivity index is 1.93. The number of rotatable bonds is 1. The third kappa shape index (κ3) is 1.48. The van der Waals surface area contributed by atoms with Crippen LogP contribution in [0.5, 0.6) is 0 Å². The highest BCUT2D eigenvalue weighted by Crippen LogP contribution is 2.38. The van der Waals surface area contributed by atoms with Crippen molar-refractivity contribution in [3.8, 4) is 0 Å². The van der Waals surface area contributed by atoms with Gasteiger partial charge in [0.2, 0.25) is 0 Å². The molecule has 0 aliphatic heterocycles. The fraction of sp³-hybridized carbons (Fsp3) is 0.111. The van der Waals surface area contributed by atoms with Gasteiger partial charge in [-0.3, -0.25) is 0 Å². The fourth-order valence-electron chi connectivity index (χ4n) is 3.12. The summed E-state index contributed by atoms with van der Waals surface area (Å²) in [6.07, 6.45) is 4.52. The van der Waals surface area contributed by atoms with Crippen molar-refractivity contribution in [2.75, 3.05) is 0 Å². The zero-order valence-electron chi connectivity index (χ0n) is 10.9. The van der Waals surface area contributed by atoms with E-state index in [4.69, 9.17) is 0 Å². The molecule has 0 bridgehead atoms. The maximum atomic E-state index is 3.60. The fourth-order valence-corrected chi connectivity index (χ4v) is 3.12. The third-order valence-corrected chi connectivity index (χ3v) is 4.11. The first-order valence-corrected chi connectivity index (χ1v) is 6.69. The molecule has 1 atom stereocenters. The van der Waals surface area contributed by atoms with Gasteiger partial charge in [0.25, 0.3) is 0 Å². The number of allylic oxidation sites excluding steroid dienone is 1. The summed E-state index contributed by atoms with van der Waals surface area (Å²) in [6, 6.07) is 17.2. The van der Waals surface area contributed by atoms with E-state index in [-0.39, 0.29) is 0 Å². The van der Waals surface area contributed by atoms with Crippen molar-refractivity contribution in [1.29, 1.82) is 0 Å². The molecule has 1 heteroatoms. The summed E-state index contributed by atoms with van der Waals surface area (Å²) in [7, 11) is 0. The molecule has 1 aromatic heterocycles. The summed E-state index contributed by atoms with van der Waals surface area (Å²) in [4.78, 5) is 3.60. The van der Waals surface area contributed by atoms with Crippen molar-refractivity contribution in [2.45, 2.75) is 12.8 Å². The van der Waals surface area contributed by atoms with E-state index in [0.29, 0.717) is 5.92 Å². The first kappa shape index (κ1) is 10.6. The molecule has 19 heavy (non-hydrogen) atoms. The Morgan fingerprint density at radius 2 is 1.74 bits per heavy atom. The Bertz CT molecular complexity index is 792. The Morgan fingerprint density at radius 3 is 2.63 bits per heavy atom. The number of aromatic amines is 1. The lowest BCUT2D eigenvalue weighted by molar-refractivity contribution is 0.983. The molecule has 0 saturated heterocycles. The number of benzene rings is 2. The van der Waals surface area contributed by atoms with Gasteiger partial charge >= 0.3 is 0 Å². The van der Waals surface area contributed by atoms with Gasteiger partial charge in [0, 0.05) is 22.5 Å². The molecule has 0 spiro atoms. The van der Waals surface area contributed by atoms with Crippen LogP contribution < -0.4 is 0 Å². The maximum Gasteiger partial charge on any atom is 0.0459 e. The molecule has 1 aliphatic carbocycles. The minimum Gasteiger partial charge on any atom is -0.357 e. The summed E-state index contributed by atoms with van der Waals surface area (Å²) in [5.74, 6) is 0.364. The number of nitrogens with one attached hydrogen (secondary N) is 1. The molecule has 4 rings (SSSR count). The molecule has 1 unspecified atom stereocenters. The number of aromatic nitrogens is 1. The molecule has 0 amide bonds. The largest absolute Gasteiger partial charge is 0.357 e. The minimum atomic E-state index is 0.364. The van der Waals surface area contributed by atoms with E-state index in [1.165, 1.54) is 33.3 Å². The normalized spacial score (nSPS) is 17.0. The number of H-pyrrole nitrogens is 1. The van der Waals surface area contributed by atoms with Crippen LogP contribution in [0.25, 0.3) is 17.0 Å². The van der Waals surface area contributed by atoms with E-state index in [0.717, 1.165) is 0 Å². The maximum absolute atomic E-state index is 3.60. The van der Waals surface area contributed by atoms with Crippen molar-refractivity contribution < 1.29 is 0 Å².